The number of methoxy groups -OCH3 is 1. The zero-order chi connectivity index (χ0) is 12.0. The van der Waals surface area contributed by atoms with Gasteiger partial charge >= 0.3 is 0 Å². The molecule has 0 spiro atoms. The van der Waals surface area contributed by atoms with Crippen LogP contribution in [0.1, 0.15) is 31.5 Å². The molecular formula is C12H23N3O. The smallest absolute Gasteiger partial charge is 0.0537 e. The van der Waals surface area contributed by atoms with E-state index in [1.54, 1.807) is 7.11 Å². The minimum Gasteiger partial charge on any atom is -0.385 e. The van der Waals surface area contributed by atoms with E-state index < -0.39 is 0 Å². The average Bonchev–Trinajstić information content (AvgIpc) is 2.58. The lowest BCUT2D eigenvalue weighted by Gasteiger charge is -2.08. The van der Waals surface area contributed by atoms with Gasteiger partial charge in [-0.2, -0.15) is 5.10 Å². The van der Waals surface area contributed by atoms with Crippen molar-refractivity contribution >= 4 is 0 Å². The van der Waals surface area contributed by atoms with Crippen LogP contribution in [-0.4, -0.2) is 29.5 Å². The Morgan fingerprint density at radius 2 is 2.25 bits per heavy atom. The molecule has 0 aromatic carbocycles. The lowest BCUT2D eigenvalue weighted by Crippen LogP contribution is -2.22. The molecule has 1 aromatic rings. The van der Waals surface area contributed by atoms with Gasteiger partial charge in [-0.15, -0.1) is 0 Å². The summed E-state index contributed by atoms with van der Waals surface area (Å²) in [6.45, 7) is 9.04. The van der Waals surface area contributed by atoms with Crippen molar-refractivity contribution in [3.8, 4) is 0 Å². The SMILES string of the molecule is COCCCn1ncc(CNC(C)C)c1C. The van der Waals surface area contributed by atoms with Crippen molar-refractivity contribution in [2.75, 3.05) is 13.7 Å². The molecule has 0 fully saturated rings. The van der Waals surface area contributed by atoms with Crippen LogP contribution in [0.4, 0.5) is 0 Å². The molecule has 0 saturated heterocycles. The fourth-order valence-corrected chi connectivity index (χ4v) is 1.56. The Labute approximate surface area is 98.0 Å². The molecule has 1 N–H and O–H groups in total. The summed E-state index contributed by atoms with van der Waals surface area (Å²) in [7, 11) is 1.73. The first-order valence-electron chi connectivity index (χ1n) is 5.88. The van der Waals surface area contributed by atoms with Crippen molar-refractivity contribution in [1.29, 1.82) is 0 Å². The van der Waals surface area contributed by atoms with E-state index in [9.17, 15) is 0 Å². The third kappa shape index (κ3) is 3.94. The van der Waals surface area contributed by atoms with Gasteiger partial charge in [0.05, 0.1) is 6.20 Å². The highest BCUT2D eigenvalue weighted by atomic mass is 16.5. The highest BCUT2D eigenvalue weighted by Gasteiger charge is 2.06. The molecule has 0 bridgehead atoms. The number of ether oxygens (including phenoxy) is 1. The van der Waals surface area contributed by atoms with Gasteiger partial charge in [-0.3, -0.25) is 4.68 Å². The van der Waals surface area contributed by atoms with Gasteiger partial charge in [-0.1, -0.05) is 13.8 Å². The first-order valence-corrected chi connectivity index (χ1v) is 5.88. The van der Waals surface area contributed by atoms with Crippen LogP contribution in [0.2, 0.25) is 0 Å². The monoisotopic (exact) mass is 225 g/mol. The Bertz CT molecular complexity index is 307. The maximum atomic E-state index is 5.04. The van der Waals surface area contributed by atoms with Gasteiger partial charge in [0.15, 0.2) is 0 Å². The van der Waals surface area contributed by atoms with Crippen molar-refractivity contribution in [2.45, 2.75) is 46.3 Å². The fraction of sp³-hybridized carbons (Fsp3) is 0.750. The molecule has 0 saturated carbocycles. The van der Waals surface area contributed by atoms with Crippen LogP contribution in [0.5, 0.6) is 0 Å². The summed E-state index contributed by atoms with van der Waals surface area (Å²) >= 11 is 0. The van der Waals surface area contributed by atoms with Gasteiger partial charge in [-0.25, -0.2) is 0 Å². The molecule has 0 aliphatic rings. The minimum absolute atomic E-state index is 0.510. The number of nitrogens with zero attached hydrogens (tertiary/aromatic N) is 2. The summed E-state index contributed by atoms with van der Waals surface area (Å²) in [5.41, 5.74) is 2.54. The lowest BCUT2D eigenvalue weighted by atomic mass is 10.2. The molecule has 92 valence electrons. The first-order chi connectivity index (χ1) is 7.65. The molecule has 0 unspecified atom stereocenters. The van der Waals surface area contributed by atoms with Crippen LogP contribution >= 0.6 is 0 Å². The van der Waals surface area contributed by atoms with Gasteiger partial charge in [0.2, 0.25) is 0 Å². The topological polar surface area (TPSA) is 39.1 Å². The molecule has 0 amide bonds. The second-order valence-electron chi connectivity index (χ2n) is 4.36. The van der Waals surface area contributed by atoms with E-state index in [1.807, 2.05) is 6.20 Å². The fourth-order valence-electron chi connectivity index (χ4n) is 1.56. The van der Waals surface area contributed by atoms with Crippen molar-refractivity contribution in [3.05, 3.63) is 17.5 Å². The Morgan fingerprint density at radius 3 is 2.88 bits per heavy atom. The van der Waals surface area contributed by atoms with Crippen LogP contribution in [-0.2, 0) is 17.8 Å². The zero-order valence-corrected chi connectivity index (χ0v) is 10.8. The van der Waals surface area contributed by atoms with Gasteiger partial charge in [0, 0.05) is 44.1 Å². The second-order valence-corrected chi connectivity index (χ2v) is 4.36. The van der Waals surface area contributed by atoms with Gasteiger partial charge in [-0.05, 0) is 13.3 Å². The Balaban J connectivity index is 2.48. The van der Waals surface area contributed by atoms with Gasteiger partial charge in [0.25, 0.3) is 0 Å². The number of aryl methyl sites for hydroxylation is 1. The molecule has 1 aromatic heterocycles. The van der Waals surface area contributed by atoms with Crippen LogP contribution < -0.4 is 5.32 Å². The van der Waals surface area contributed by atoms with E-state index in [0.717, 1.165) is 26.1 Å². The van der Waals surface area contributed by atoms with E-state index in [2.05, 4.69) is 35.9 Å². The number of rotatable bonds is 7. The molecule has 1 heterocycles. The highest BCUT2D eigenvalue weighted by Crippen LogP contribution is 2.07. The molecule has 0 atom stereocenters. The largest absolute Gasteiger partial charge is 0.385 e. The summed E-state index contributed by atoms with van der Waals surface area (Å²) in [4.78, 5) is 0. The number of nitrogens with one attached hydrogen (secondary N) is 1. The third-order valence-electron chi connectivity index (χ3n) is 2.62. The van der Waals surface area contributed by atoms with E-state index in [4.69, 9.17) is 4.74 Å². The second kappa shape index (κ2) is 6.66. The normalized spacial score (nSPS) is 11.3. The Morgan fingerprint density at radius 1 is 1.50 bits per heavy atom. The predicted octanol–water partition coefficient (Wildman–Crippen LogP) is 1.73. The van der Waals surface area contributed by atoms with E-state index in [0.29, 0.717) is 6.04 Å². The summed E-state index contributed by atoms with van der Waals surface area (Å²) in [5.74, 6) is 0. The number of hydrogen-bond acceptors (Lipinski definition) is 3. The molecule has 4 heteroatoms. The van der Waals surface area contributed by atoms with E-state index in [1.165, 1.54) is 11.3 Å². The zero-order valence-electron chi connectivity index (χ0n) is 10.8. The summed E-state index contributed by atoms with van der Waals surface area (Å²) in [5, 5.41) is 7.79. The molecule has 16 heavy (non-hydrogen) atoms. The van der Waals surface area contributed by atoms with Gasteiger partial charge < -0.3 is 10.1 Å². The molecule has 0 aliphatic heterocycles. The van der Waals surface area contributed by atoms with Crippen LogP contribution in [0, 0.1) is 6.92 Å². The molecule has 0 radical (unpaired) electrons. The highest BCUT2D eigenvalue weighted by molar-refractivity contribution is 5.15. The molecule has 4 nitrogen and oxygen atoms in total. The van der Waals surface area contributed by atoms with Crippen molar-refractivity contribution in [2.24, 2.45) is 0 Å². The first kappa shape index (κ1) is 13.2. The molecular weight excluding hydrogens is 202 g/mol. The Hall–Kier alpha value is -0.870. The maximum Gasteiger partial charge on any atom is 0.0537 e. The summed E-state index contributed by atoms with van der Waals surface area (Å²) < 4.78 is 7.09. The number of aromatic nitrogens is 2. The predicted molar refractivity (Wildman–Crippen MR) is 65.4 cm³/mol. The van der Waals surface area contributed by atoms with Crippen LogP contribution in [0.15, 0.2) is 6.20 Å². The third-order valence-corrected chi connectivity index (χ3v) is 2.62. The summed E-state index contributed by atoms with van der Waals surface area (Å²) in [6, 6.07) is 0.510. The molecule has 0 aliphatic carbocycles. The Kier molecular flexibility index (Phi) is 5.49. The van der Waals surface area contributed by atoms with Crippen molar-refractivity contribution in [3.63, 3.8) is 0 Å². The molecule has 1 rings (SSSR count). The van der Waals surface area contributed by atoms with Gasteiger partial charge in [0.1, 0.15) is 0 Å². The van der Waals surface area contributed by atoms with Crippen molar-refractivity contribution in [1.82, 2.24) is 15.1 Å². The minimum atomic E-state index is 0.510. The standard InChI is InChI=1S/C12H23N3O/c1-10(2)13-8-12-9-14-15(11(12)3)6-5-7-16-4/h9-10,13H,5-8H2,1-4H3. The summed E-state index contributed by atoms with van der Waals surface area (Å²) in [6.07, 6.45) is 2.97. The average molecular weight is 225 g/mol. The van der Waals surface area contributed by atoms with Crippen molar-refractivity contribution < 1.29 is 4.74 Å². The quantitative estimate of drug-likeness (QED) is 0.718. The number of hydrogen-bond donors (Lipinski definition) is 1. The maximum absolute atomic E-state index is 5.04. The van der Waals surface area contributed by atoms with E-state index >= 15 is 0 Å². The lowest BCUT2D eigenvalue weighted by molar-refractivity contribution is 0.188. The van der Waals surface area contributed by atoms with E-state index in [-0.39, 0.29) is 0 Å². The van der Waals surface area contributed by atoms with Crippen LogP contribution in [0.3, 0.4) is 0 Å². The van der Waals surface area contributed by atoms with Crippen LogP contribution in [0.25, 0.3) is 0 Å².